The number of halogens is 1. The van der Waals surface area contributed by atoms with Gasteiger partial charge in [0.25, 0.3) is 0 Å². The number of esters is 1. The molecule has 40 heavy (non-hydrogen) atoms. The van der Waals surface area contributed by atoms with Crippen molar-refractivity contribution in [3.05, 3.63) is 36.7 Å². The predicted molar refractivity (Wildman–Crippen MR) is 140 cm³/mol. The number of rotatable bonds is 9. The van der Waals surface area contributed by atoms with Crippen LogP contribution < -0.4 is 20.2 Å². The number of carbonyl (C=O) groups is 1. The van der Waals surface area contributed by atoms with E-state index in [0.717, 1.165) is 7.11 Å². The summed E-state index contributed by atoms with van der Waals surface area (Å²) >= 11 is 0. The molecule has 0 radical (unpaired) electrons. The van der Waals surface area contributed by atoms with E-state index in [2.05, 4.69) is 24.8 Å². The molecule has 14 nitrogen and oxygen atoms in total. The Morgan fingerprint density at radius 2 is 2.08 bits per heavy atom. The smallest absolute Gasteiger partial charge is 0.459 e. The number of nitrogens with two attached hydrogens (primary N) is 1. The molecule has 1 aromatic carbocycles. The zero-order valence-electron chi connectivity index (χ0n) is 21.9. The molecule has 1 saturated heterocycles. The summed E-state index contributed by atoms with van der Waals surface area (Å²) in [4.78, 5) is 26.2. The number of fused-ring (bicyclic) bond motifs is 2. The number of nitrogens with one attached hydrogen (secondary N) is 1. The first-order valence-electron chi connectivity index (χ1n) is 12.0. The lowest BCUT2D eigenvalue weighted by atomic mass is 9.96. The zero-order chi connectivity index (χ0) is 29.0. The number of benzene rings is 1. The third-order valence-corrected chi connectivity index (χ3v) is 8.33. The fourth-order valence-electron chi connectivity index (χ4n) is 4.63. The van der Waals surface area contributed by atoms with Gasteiger partial charge in [-0.1, -0.05) is 24.1 Å². The summed E-state index contributed by atoms with van der Waals surface area (Å²) in [6.45, 7) is 1.37. The average molecular weight is 575 g/mol. The molecule has 7 atom stereocenters. The Labute approximate surface area is 228 Å². The topological polar surface area (TPSA) is 176 Å². The largest absolute Gasteiger partial charge is 0.468 e. The van der Waals surface area contributed by atoms with Crippen molar-refractivity contribution in [2.75, 3.05) is 31.8 Å². The molecule has 5 rings (SSSR count). The third kappa shape index (κ3) is 4.25. The van der Waals surface area contributed by atoms with Crippen LogP contribution in [0.5, 0.6) is 5.75 Å². The van der Waals surface area contributed by atoms with E-state index in [1.807, 2.05) is 5.92 Å². The summed E-state index contributed by atoms with van der Waals surface area (Å²) in [5.74, 6) is 1.61. The number of carbonyl (C=O) groups excluding carboxylic acids is 1. The molecule has 4 N–H and O–H groups in total. The number of ether oxygens (including phenoxy) is 2. The van der Waals surface area contributed by atoms with Crippen LogP contribution in [0.25, 0.3) is 11.2 Å². The van der Waals surface area contributed by atoms with Crippen molar-refractivity contribution in [3.63, 3.8) is 0 Å². The van der Waals surface area contributed by atoms with E-state index in [1.54, 1.807) is 37.2 Å². The van der Waals surface area contributed by atoms with Gasteiger partial charge in [0.15, 0.2) is 28.8 Å². The Bertz CT molecular complexity index is 1550. The SMILES string of the molecule is C#C[C@]1(F)[C@H](n2cnc3c(N(C)C)nc(N)nc32)O[C@@H]2C(OP(=O)(N[C@H](C)C(=O)OC)Oc3ccccc3)[C@@]21O. The molecule has 3 aromatic rings. The van der Waals surface area contributed by atoms with Gasteiger partial charge in [-0.05, 0) is 19.1 Å². The van der Waals surface area contributed by atoms with Gasteiger partial charge in [0, 0.05) is 14.1 Å². The number of aliphatic hydroxyl groups is 1. The second-order valence-electron chi connectivity index (χ2n) is 9.52. The van der Waals surface area contributed by atoms with Crippen LogP contribution in [0.15, 0.2) is 36.7 Å². The lowest BCUT2D eigenvalue weighted by molar-refractivity contribution is -0.142. The van der Waals surface area contributed by atoms with Crippen molar-refractivity contribution in [2.45, 2.75) is 42.7 Å². The first kappa shape index (κ1) is 27.8. The molecular weight excluding hydrogens is 548 g/mol. The van der Waals surface area contributed by atoms with Gasteiger partial charge >= 0.3 is 13.7 Å². The summed E-state index contributed by atoms with van der Waals surface area (Å²) in [7, 11) is 0.137. The lowest BCUT2D eigenvalue weighted by Gasteiger charge is -2.31. The highest BCUT2D eigenvalue weighted by Crippen LogP contribution is 2.66. The van der Waals surface area contributed by atoms with Gasteiger partial charge in [0.2, 0.25) is 11.6 Å². The molecule has 2 fully saturated rings. The number of anilines is 2. The minimum Gasteiger partial charge on any atom is -0.468 e. The number of nitrogen functional groups attached to an aromatic ring is 1. The van der Waals surface area contributed by atoms with Gasteiger partial charge in [0.05, 0.1) is 13.4 Å². The number of terminal acetylenes is 1. The van der Waals surface area contributed by atoms with Crippen LogP contribution in [-0.4, -0.2) is 81.3 Å². The highest BCUT2D eigenvalue weighted by Gasteiger charge is 2.87. The number of hydrogen-bond acceptors (Lipinski definition) is 12. The summed E-state index contributed by atoms with van der Waals surface area (Å²) < 4.78 is 53.3. The number of hydrogen-bond donors (Lipinski definition) is 3. The summed E-state index contributed by atoms with van der Waals surface area (Å²) in [5.41, 5.74) is 0.922. The van der Waals surface area contributed by atoms with Gasteiger partial charge < -0.3 is 29.7 Å². The first-order chi connectivity index (χ1) is 18.9. The molecule has 212 valence electrons. The molecule has 2 aliphatic rings. The maximum atomic E-state index is 16.6. The van der Waals surface area contributed by atoms with Gasteiger partial charge in [-0.3, -0.25) is 13.9 Å². The fraction of sp³-hybridized carbons (Fsp3) is 0.417. The Balaban J connectivity index is 1.46. The Morgan fingerprint density at radius 1 is 1.38 bits per heavy atom. The number of methoxy groups -OCH3 is 1. The minimum atomic E-state index is -4.45. The molecule has 2 aromatic heterocycles. The van der Waals surface area contributed by atoms with Crippen LogP contribution in [0.1, 0.15) is 13.2 Å². The van der Waals surface area contributed by atoms with Crippen molar-refractivity contribution >= 4 is 36.6 Å². The van der Waals surface area contributed by atoms with Gasteiger partial charge in [0.1, 0.15) is 24.0 Å². The van der Waals surface area contributed by atoms with E-state index in [0.29, 0.717) is 11.3 Å². The van der Waals surface area contributed by atoms with Crippen molar-refractivity contribution in [3.8, 4) is 18.1 Å². The van der Waals surface area contributed by atoms with E-state index >= 15 is 4.39 Å². The zero-order valence-corrected chi connectivity index (χ0v) is 22.8. The van der Waals surface area contributed by atoms with Gasteiger partial charge in [-0.25, -0.2) is 13.9 Å². The molecular formula is C24H27FN7O7P. The maximum Gasteiger partial charge on any atom is 0.459 e. The second-order valence-corrected chi connectivity index (χ2v) is 11.2. The molecule has 0 bridgehead atoms. The van der Waals surface area contributed by atoms with E-state index in [-0.39, 0.29) is 17.3 Å². The normalized spacial score (nSPS) is 29.2. The molecule has 1 aliphatic carbocycles. The summed E-state index contributed by atoms with van der Waals surface area (Å²) in [6.07, 6.45) is 2.35. The van der Waals surface area contributed by atoms with Crippen LogP contribution >= 0.6 is 7.75 Å². The Kier molecular flexibility index (Phi) is 6.72. The van der Waals surface area contributed by atoms with Crippen molar-refractivity contribution < 1.29 is 37.4 Å². The molecule has 3 heterocycles. The van der Waals surface area contributed by atoms with E-state index < -0.39 is 49.5 Å². The number of nitrogens with zero attached hydrogens (tertiary/aromatic N) is 5. The van der Waals surface area contributed by atoms with Crippen molar-refractivity contribution in [1.29, 1.82) is 0 Å². The Hall–Kier alpha value is -3.80. The number of imidazole rings is 1. The Morgan fingerprint density at radius 3 is 2.70 bits per heavy atom. The number of aromatic nitrogens is 4. The van der Waals surface area contributed by atoms with E-state index in [4.69, 9.17) is 25.9 Å². The van der Waals surface area contributed by atoms with Crippen molar-refractivity contribution in [1.82, 2.24) is 24.6 Å². The standard InChI is InChI=1S/C24H27FN7O7P/c1-6-23(25)21(32-12-27-15-18(31(3)4)28-22(26)29-19(15)32)37-16-17(24(16,23)34)39-40(35,30-13(2)20(33)36-5)38-14-10-8-7-9-11-14/h1,7-13,16-17,21,34H,2-5H3,(H,30,35)(H2,26,28,29)/t13-,16-,17?,21-,23+,24+,40?/m1/s1. The first-order valence-corrected chi connectivity index (χ1v) is 13.5. The monoisotopic (exact) mass is 575 g/mol. The van der Waals surface area contributed by atoms with Crippen LogP contribution in [0.3, 0.4) is 0 Å². The third-order valence-electron chi connectivity index (χ3n) is 6.67. The highest BCUT2D eigenvalue weighted by molar-refractivity contribution is 7.52. The molecule has 2 unspecified atom stereocenters. The quantitative estimate of drug-likeness (QED) is 0.189. The molecule has 1 saturated carbocycles. The molecule has 16 heteroatoms. The van der Waals surface area contributed by atoms with Crippen molar-refractivity contribution in [2.24, 2.45) is 0 Å². The lowest BCUT2D eigenvalue weighted by Crippen LogP contribution is -2.47. The van der Waals surface area contributed by atoms with Crippen LogP contribution in [0.4, 0.5) is 16.2 Å². The fourth-order valence-corrected chi connectivity index (χ4v) is 6.34. The van der Waals surface area contributed by atoms with Gasteiger partial charge in [-0.15, -0.1) is 6.42 Å². The van der Waals surface area contributed by atoms with E-state index in [9.17, 15) is 14.5 Å². The second kappa shape index (κ2) is 9.69. The predicted octanol–water partition coefficient (Wildman–Crippen LogP) is 1.18. The van der Waals surface area contributed by atoms with E-state index in [1.165, 1.54) is 30.0 Å². The van der Waals surface area contributed by atoms with Crippen LogP contribution in [-0.2, 0) is 23.4 Å². The maximum absolute atomic E-state index is 16.6. The minimum absolute atomic E-state index is 0.101. The summed E-state index contributed by atoms with van der Waals surface area (Å²) in [6, 6.07) is 6.78. The van der Waals surface area contributed by atoms with Gasteiger partial charge in [-0.2, -0.15) is 15.1 Å². The highest BCUT2D eigenvalue weighted by atomic mass is 31.2. The van der Waals surface area contributed by atoms with Crippen LogP contribution in [0.2, 0.25) is 0 Å². The number of alkyl halides is 1. The average Bonchev–Trinajstić information content (AvgIpc) is 3.18. The molecule has 0 spiro atoms. The molecule has 0 amide bonds. The van der Waals surface area contributed by atoms with Crippen LogP contribution in [0, 0.1) is 12.3 Å². The number of para-hydroxylation sites is 1. The summed E-state index contributed by atoms with van der Waals surface area (Å²) in [5, 5.41) is 13.9. The molecule has 1 aliphatic heterocycles.